The molecule has 0 saturated heterocycles. The van der Waals surface area contributed by atoms with Gasteiger partial charge in [-0.15, -0.1) is 6.42 Å². The van der Waals surface area contributed by atoms with Crippen LogP contribution in [0, 0.1) is 12.3 Å². The molecule has 0 aromatic carbocycles. The highest BCUT2D eigenvalue weighted by Crippen LogP contribution is 2.13. The summed E-state index contributed by atoms with van der Waals surface area (Å²) in [6.45, 7) is 0.0671. The molecule has 0 aliphatic rings. The first-order valence-corrected chi connectivity index (χ1v) is 3.72. The standard InChI is InChI=1S/C8H9N3O3/c1-3-4-14-11-7-6(13-2)8(12)10-5-9-7/h1,5H,4H2,2H3,(H2,9,10,11,12). The number of nitrogens with zero attached hydrogens (tertiary/aromatic N) is 1. The van der Waals surface area contributed by atoms with Crippen molar-refractivity contribution in [1.29, 1.82) is 0 Å². The number of rotatable bonds is 4. The van der Waals surface area contributed by atoms with E-state index in [1.165, 1.54) is 13.4 Å². The minimum atomic E-state index is -0.394. The molecular formula is C8H9N3O3. The lowest BCUT2D eigenvalue weighted by molar-refractivity contribution is 0.230. The molecule has 0 bridgehead atoms. The topological polar surface area (TPSA) is 76.2 Å². The number of hydrogen-bond donors (Lipinski definition) is 2. The molecule has 1 heterocycles. The van der Waals surface area contributed by atoms with Crippen molar-refractivity contribution in [2.24, 2.45) is 0 Å². The highest BCUT2D eigenvalue weighted by molar-refractivity contribution is 5.45. The molecule has 14 heavy (non-hydrogen) atoms. The summed E-state index contributed by atoms with van der Waals surface area (Å²) in [5, 5.41) is 0. The quantitative estimate of drug-likeness (QED) is 0.394. The van der Waals surface area contributed by atoms with Crippen molar-refractivity contribution in [2.75, 3.05) is 19.2 Å². The minimum absolute atomic E-state index is 0.0459. The van der Waals surface area contributed by atoms with Gasteiger partial charge >= 0.3 is 0 Å². The van der Waals surface area contributed by atoms with Crippen LogP contribution in [-0.4, -0.2) is 23.7 Å². The first-order chi connectivity index (χ1) is 6.79. The van der Waals surface area contributed by atoms with Gasteiger partial charge in [-0.2, -0.15) is 0 Å². The number of nitrogens with one attached hydrogen (secondary N) is 2. The molecule has 0 aliphatic heterocycles. The third-order valence-corrected chi connectivity index (χ3v) is 1.34. The summed E-state index contributed by atoms with van der Waals surface area (Å²) < 4.78 is 4.81. The Morgan fingerprint density at radius 1 is 1.79 bits per heavy atom. The summed E-state index contributed by atoms with van der Waals surface area (Å²) in [4.78, 5) is 22.1. The van der Waals surface area contributed by atoms with Crippen molar-refractivity contribution in [1.82, 2.24) is 9.97 Å². The Balaban J connectivity index is 2.81. The van der Waals surface area contributed by atoms with Crippen molar-refractivity contribution in [3.8, 4) is 18.1 Å². The zero-order valence-corrected chi connectivity index (χ0v) is 7.53. The number of ether oxygens (including phenoxy) is 1. The number of methoxy groups -OCH3 is 1. The van der Waals surface area contributed by atoms with E-state index in [1.54, 1.807) is 0 Å². The van der Waals surface area contributed by atoms with E-state index < -0.39 is 5.56 Å². The highest BCUT2D eigenvalue weighted by Gasteiger charge is 2.07. The number of aromatic amines is 1. The summed E-state index contributed by atoms with van der Waals surface area (Å²) in [5.74, 6) is 2.48. The second kappa shape index (κ2) is 4.89. The van der Waals surface area contributed by atoms with Gasteiger partial charge in [0.15, 0.2) is 5.82 Å². The molecule has 1 aromatic heterocycles. The van der Waals surface area contributed by atoms with Crippen LogP contribution in [-0.2, 0) is 4.84 Å². The van der Waals surface area contributed by atoms with Gasteiger partial charge in [0.05, 0.1) is 13.4 Å². The van der Waals surface area contributed by atoms with Gasteiger partial charge < -0.3 is 9.72 Å². The van der Waals surface area contributed by atoms with Gasteiger partial charge in [-0.25, -0.2) is 10.5 Å². The zero-order valence-electron chi connectivity index (χ0n) is 7.53. The van der Waals surface area contributed by atoms with Crippen LogP contribution in [0.25, 0.3) is 0 Å². The maximum absolute atomic E-state index is 11.1. The molecule has 0 aliphatic carbocycles. The highest BCUT2D eigenvalue weighted by atomic mass is 16.6. The Labute approximate surface area is 80.2 Å². The predicted octanol–water partition coefficient (Wildman–Crippen LogP) is -0.245. The lowest BCUT2D eigenvalue weighted by Crippen LogP contribution is -2.14. The molecule has 6 nitrogen and oxygen atoms in total. The number of terminal acetylenes is 1. The van der Waals surface area contributed by atoms with Gasteiger partial charge in [-0.1, -0.05) is 5.92 Å². The normalized spacial score (nSPS) is 9.14. The second-order valence-corrected chi connectivity index (χ2v) is 2.21. The number of aromatic nitrogens is 2. The van der Waals surface area contributed by atoms with Crippen LogP contribution in [0.5, 0.6) is 5.75 Å². The maximum Gasteiger partial charge on any atom is 0.295 e. The van der Waals surface area contributed by atoms with Crippen LogP contribution in [0.15, 0.2) is 11.1 Å². The first-order valence-electron chi connectivity index (χ1n) is 3.72. The molecule has 1 rings (SSSR count). The molecule has 0 amide bonds. The van der Waals surface area contributed by atoms with Crippen molar-refractivity contribution >= 4 is 5.82 Å². The van der Waals surface area contributed by atoms with Gasteiger partial charge in [-0.3, -0.25) is 9.63 Å². The van der Waals surface area contributed by atoms with E-state index in [2.05, 4.69) is 21.4 Å². The van der Waals surface area contributed by atoms with E-state index in [9.17, 15) is 4.79 Å². The van der Waals surface area contributed by atoms with Gasteiger partial charge in [0.25, 0.3) is 5.56 Å². The molecule has 6 heteroatoms. The molecule has 0 atom stereocenters. The van der Waals surface area contributed by atoms with Gasteiger partial charge in [0.2, 0.25) is 5.75 Å². The fraction of sp³-hybridized carbons (Fsp3) is 0.250. The lowest BCUT2D eigenvalue weighted by atomic mass is 10.5. The molecule has 74 valence electrons. The average Bonchev–Trinajstić information content (AvgIpc) is 2.18. The van der Waals surface area contributed by atoms with E-state index in [-0.39, 0.29) is 18.2 Å². The minimum Gasteiger partial charge on any atom is -0.488 e. The van der Waals surface area contributed by atoms with E-state index in [1.807, 2.05) is 0 Å². The van der Waals surface area contributed by atoms with Crippen LogP contribution in [0.2, 0.25) is 0 Å². The van der Waals surface area contributed by atoms with Crippen LogP contribution >= 0.6 is 0 Å². The number of hydrogen-bond acceptors (Lipinski definition) is 5. The predicted molar refractivity (Wildman–Crippen MR) is 49.8 cm³/mol. The molecule has 0 saturated carbocycles. The van der Waals surface area contributed by atoms with E-state index in [0.29, 0.717) is 0 Å². The van der Waals surface area contributed by atoms with E-state index in [0.717, 1.165) is 0 Å². The van der Waals surface area contributed by atoms with E-state index >= 15 is 0 Å². The van der Waals surface area contributed by atoms with Gasteiger partial charge in [0.1, 0.15) is 6.61 Å². The third kappa shape index (κ3) is 2.24. The number of H-pyrrole nitrogens is 1. The molecule has 0 spiro atoms. The van der Waals surface area contributed by atoms with E-state index in [4.69, 9.17) is 16.0 Å². The molecule has 0 radical (unpaired) electrons. The second-order valence-electron chi connectivity index (χ2n) is 2.21. The Bertz CT molecular complexity index is 394. The Morgan fingerprint density at radius 3 is 3.21 bits per heavy atom. The molecule has 2 N–H and O–H groups in total. The first kappa shape index (κ1) is 10.1. The maximum atomic E-state index is 11.1. The Morgan fingerprint density at radius 2 is 2.57 bits per heavy atom. The monoisotopic (exact) mass is 195 g/mol. The fourth-order valence-corrected chi connectivity index (χ4v) is 0.795. The summed E-state index contributed by atoms with van der Waals surface area (Å²) in [5.41, 5.74) is 2.01. The van der Waals surface area contributed by atoms with Crippen LogP contribution in [0.3, 0.4) is 0 Å². The van der Waals surface area contributed by atoms with Crippen LogP contribution in [0.4, 0.5) is 5.82 Å². The van der Waals surface area contributed by atoms with Crippen LogP contribution in [0.1, 0.15) is 0 Å². The van der Waals surface area contributed by atoms with Crippen molar-refractivity contribution < 1.29 is 9.57 Å². The van der Waals surface area contributed by atoms with Crippen molar-refractivity contribution in [3.05, 3.63) is 16.7 Å². The Kier molecular flexibility index (Phi) is 3.52. The SMILES string of the molecule is C#CCONc1nc[nH]c(=O)c1OC. The molecule has 0 unspecified atom stereocenters. The summed E-state index contributed by atoms with van der Waals surface area (Å²) >= 11 is 0. The molecular weight excluding hydrogens is 186 g/mol. The summed E-state index contributed by atoms with van der Waals surface area (Å²) in [7, 11) is 1.36. The largest absolute Gasteiger partial charge is 0.488 e. The van der Waals surface area contributed by atoms with Gasteiger partial charge in [-0.05, 0) is 0 Å². The molecule has 0 fully saturated rings. The van der Waals surface area contributed by atoms with Crippen molar-refractivity contribution in [2.45, 2.75) is 0 Å². The third-order valence-electron chi connectivity index (χ3n) is 1.34. The van der Waals surface area contributed by atoms with Crippen LogP contribution < -0.4 is 15.8 Å². The van der Waals surface area contributed by atoms with Crippen molar-refractivity contribution in [3.63, 3.8) is 0 Å². The fourth-order valence-electron chi connectivity index (χ4n) is 0.795. The average molecular weight is 195 g/mol. The lowest BCUT2D eigenvalue weighted by Gasteiger charge is -2.06. The summed E-state index contributed by atoms with van der Waals surface area (Å²) in [6.07, 6.45) is 6.19. The smallest absolute Gasteiger partial charge is 0.295 e. The Hall–Kier alpha value is -2.00. The summed E-state index contributed by atoms with van der Waals surface area (Å²) in [6, 6.07) is 0. The number of anilines is 1. The molecule has 1 aromatic rings. The zero-order chi connectivity index (χ0) is 10.4. The van der Waals surface area contributed by atoms with Gasteiger partial charge in [0, 0.05) is 0 Å².